The van der Waals surface area contributed by atoms with Gasteiger partial charge in [-0.1, -0.05) is 30.3 Å². The van der Waals surface area contributed by atoms with E-state index in [1.807, 2.05) is 49.3 Å². The monoisotopic (exact) mass is 258 g/mol. The molecule has 0 spiro atoms. The molecular weight excluding hydrogens is 239 g/mol. The van der Waals surface area contributed by atoms with Gasteiger partial charge in [-0.25, -0.2) is 4.39 Å². The van der Waals surface area contributed by atoms with Crippen LogP contribution in [0.5, 0.6) is 0 Å². The van der Waals surface area contributed by atoms with Crippen LogP contribution in [0, 0.1) is 5.82 Å². The highest BCUT2D eigenvalue weighted by Crippen LogP contribution is 2.20. The fraction of sp³-hybridized carbons (Fsp3) is 0.250. The Morgan fingerprint density at radius 2 is 1.68 bits per heavy atom. The van der Waals surface area contributed by atoms with E-state index in [4.69, 9.17) is 5.73 Å². The van der Waals surface area contributed by atoms with Crippen LogP contribution < -0.4 is 10.6 Å². The first-order chi connectivity index (χ1) is 9.08. The maximum absolute atomic E-state index is 13.6. The van der Waals surface area contributed by atoms with Gasteiger partial charge in [-0.05, 0) is 30.2 Å². The number of nitrogens with zero attached hydrogens (tertiary/aromatic N) is 1. The molecule has 0 aliphatic rings. The number of halogens is 1. The molecule has 0 amide bonds. The summed E-state index contributed by atoms with van der Waals surface area (Å²) < 4.78 is 13.6. The first kappa shape index (κ1) is 13.6. The molecule has 0 aliphatic carbocycles. The van der Waals surface area contributed by atoms with Gasteiger partial charge in [0, 0.05) is 31.4 Å². The average Bonchev–Trinajstić information content (AvgIpc) is 2.39. The highest BCUT2D eigenvalue weighted by Gasteiger charge is 2.11. The number of nitrogens with two attached hydrogens (primary N) is 1. The summed E-state index contributed by atoms with van der Waals surface area (Å²) in [6.07, 6.45) is 0.634. The summed E-state index contributed by atoms with van der Waals surface area (Å²) in [6, 6.07) is 14.5. The normalized spacial score (nSPS) is 12.2. The van der Waals surface area contributed by atoms with Gasteiger partial charge in [0.05, 0.1) is 0 Å². The Kier molecular flexibility index (Phi) is 4.17. The van der Waals surface area contributed by atoms with E-state index in [1.165, 1.54) is 6.07 Å². The number of benzene rings is 2. The highest BCUT2D eigenvalue weighted by molar-refractivity contribution is 5.46. The molecule has 0 radical (unpaired) electrons. The van der Waals surface area contributed by atoms with Crippen molar-refractivity contribution in [2.75, 3.05) is 19.0 Å². The molecule has 0 saturated heterocycles. The summed E-state index contributed by atoms with van der Waals surface area (Å²) >= 11 is 0. The second-order valence-electron chi connectivity index (χ2n) is 4.89. The Hall–Kier alpha value is -1.87. The molecule has 2 N–H and O–H groups in total. The van der Waals surface area contributed by atoms with Crippen LogP contribution >= 0.6 is 0 Å². The smallest absolute Gasteiger partial charge is 0.127 e. The lowest BCUT2D eigenvalue weighted by Crippen LogP contribution is -2.15. The van der Waals surface area contributed by atoms with Crippen molar-refractivity contribution in [1.82, 2.24) is 0 Å². The zero-order chi connectivity index (χ0) is 13.8. The van der Waals surface area contributed by atoms with Gasteiger partial charge in [0.1, 0.15) is 5.82 Å². The van der Waals surface area contributed by atoms with E-state index in [9.17, 15) is 4.39 Å². The van der Waals surface area contributed by atoms with E-state index in [2.05, 4.69) is 0 Å². The third-order valence-electron chi connectivity index (χ3n) is 3.21. The van der Waals surface area contributed by atoms with Crippen LogP contribution in [0.4, 0.5) is 10.1 Å². The van der Waals surface area contributed by atoms with Crippen LogP contribution in [0.15, 0.2) is 48.5 Å². The van der Waals surface area contributed by atoms with Crippen LogP contribution in [0.25, 0.3) is 0 Å². The summed E-state index contributed by atoms with van der Waals surface area (Å²) in [4.78, 5) is 2.04. The molecule has 19 heavy (non-hydrogen) atoms. The van der Waals surface area contributed by atoms with Crippen LogP contribution in [-0.2, 0) is 6.42 Å². The maximum Gasteiger partial charge on any atom is 0.127 e. The Labute approximate surface area is 113 Å². The minimum Gasteiger partial charge on any atom is -0.378 e. The van der Waals surface area contributed by atoms with Gasteiger partial charge in [0.15, 0.2) is 0 Å². The minimum atomic E-state index is -0.314. The fourth-order valence-electron chi connectivity index (χ4n) is 2.07. The molecule has 1 unspecified atom stereocenters. The van der Waals surface area contributed by atoms with Crippen molar-refractivity contribution < 1.29 is 4.39 Å². The van der Waals surface area contributed by atoms with Crippen LogP contribution in [-0.4, -0.2) is 14.1 Å². The third-order valence-corrected chi connectivity index (χ3v) is 3.21. The molecule has 0 aliphatic heterocycles. The molecule has 0 saturated carbocycles. The van der Waals surface area contributed by atoms with Crippen LogP contribution in [0.1, 0.15) is 17.2 Å². The molecule has 0 heterocycles. The Morgan fingerprint density at radius 3 is 2.26 bits per heavy atom. The summed E-state index contributed by atoms with van der Waals surface area (Å²) in [5.74, 6) is -0.236. The van der Waals surface area contributed by atoms with Crippen molar-refractivity contribution >= 4 is 5.69 Å². The van der Waals surface area contributed by atoms with Gasteiger partial charge in [0.25, 0.3) is 0 Å². The SMILES string of the molecule is CN(C)c1ccc(CC(N)c2ccccc2F)cc1. The Morgan fingerprint density at radius 1 is 1.05 bits per heavy atom. The quantitative estimate of drug-likeness (QED) is 0.913. The molecule has 0 aromatic heterocycles. The van der Waals surface area contributed by atoms with E-state index in [1.54, 1.807) is 12.1 Å². The fourth-order valence-corrected chi connectivity index (χ4v) is 2.07. The lowest BCUT2D eigenvalue weighted by atomic mass is 9.99. The van der Waals surface area contributed by atoms with Crippen molar-refractivity contribution in [2.45, 2.75) is 12.5 Å². The lowest BCUT2D eigenvalue weighted by Gasteiger charge is -2.15. The highest BCUT2D eigenvalue weighted by atomic mass is 19.1. The molecule has 0 fully saturated rings. The van der Waals surface area contributed by atoms with E-state index < -0.39 is 0 Å². The molecule has 2 aromatic rings. The molecule has 2 rings (SSSR count). The van der Waals surface area contributed by atoms with Gasteiger partial charge in [-0.3, -0.25) is 0 Å². The summed E-state index contributed by atoms with van der Waals surface area (Å²) in [5, 5.41) is 0. The molecular formula is C16H19FN2. The lowest BCUT2D eigenvalue weighted by molar-refractivity contribution is 0.580. The van der Waals surface area contributed by atoms with Crippen molar-refractivity contribution in [3.8, 4) is 0 Å². The molecule has 2 nitrogen and oxygen atoms in total. The predicted octanol–water partition coefficient (Wildman–Crippen LogP) is 3.13. The van der Waals surface area contributed by atoms with Crippen LogP contribution in [0.3, 0.4) is 0 Å². The second kappa shape index (κ2) is 5.85. The molecule has 100 valence electrons. The largest absolute Gasteiger partial charge is 0.378 e. The number of rotatable bonds is 4. The van der Waals surface area contributed by atoms with Crippen LogP contribution in [0.2, 0.25) is 0 Å². The first-order valence-electron chi connectivity index (χ1n) is 6.34. The van der Waals surface area contributed by atoms with E-state index in [0.29, 0.717) is 12.0 Å². The van der Waals surface area contributed by atoms with E-state index in [-0.39, 0.29) is 11.9 Å². The summed E-state index contributed by atoms with van der Waals surface area (Å²) in [7, 11) is 4.00. The molecule has 3 heteroatoms. The number of hydrogen-bond donors (Lipinski definition) is 1. The van der Waals surface area contributed by atoms with Crippen molar-refractivity contribution in [1.29, 1.82) is 0 Å². The maximum atomic E-state index is 13.6. The van der Waals surface area contributed by atoms with Gasteiger partial charge >= 0.3 is 0 Å². The molecule has 1 atom stereocenters. The zero-order valence-electron chi connectivity index (χ0n) is 11.3. The van der Waals surface area contributed by atoms with Crippen molar-refractivity contribution in [3.05, 3.63) is 65.5 Å². The van der Waals surface area contributed by atoms with Gasteiger partial charge < -0.3 is 10.6 Å². The van der Waals surface area contributed by atoms with Gasteiger partial charge in [-0.15, -0.1) is 0 Å². The average molecular weight is 258 g/mol. The Bertz CT molecular complexity index is 535. The third kappa shape index (κ3) is 3.32. The van der Waals surface area contributed by atoms with E-state index in [0.717, 1.165) is 11.3 Å². The summed E-state index contributed by atoms with van der Waals surface area (Å²) in [5.41, 5.74) is 8.90. The van der Waals surface area contributed by atoms with E-state index >= 15 is 0 Å². The predicted molar refractivity (Wildman–Crippen MR) is 77.8 cm³/mol. The minimum absolute atomic E-state index is 0.236. The van der Waals surface area contributed by atoms with Gasteiger partial charge in [0.2, 0.25) is 0 Å². The topological polar surface area (TPSA) is 29.3 Å². The van der Waals surface area contributed by atoms with Crippen molar-refractivity contribution in [3.63, 3.8) is 0 Å². The zero-order valence-corrected chi connectivity index (χ0v) is 11.3. The van der Waals surface area contributed by atoms with Crippen molar-refractivity contribution in [2.24, 2.45) is 5.73 Å². The first-order valence-corrected chi connectivity index (χ1v) is 6.34. The summed E-state index contributed by atoms with van der Waals surface area (Å²) in [6.45, 7) is 0. The standard InChI is InChI=1S/C16H19FN2/c1-19(2)13-9-7-12(8-10-13)11-16(18)14-5-3-4-6-15(14)17/h3-10,16H,11,18H2,1-2H3. The van der Waals surface area contributed by atoms with Gasteiger partial charge in [-0.2, -0.15) is 0 Å². The molecule has 0 bridgehead atoms. The Balaban J connectivity index is 2.11. The second-order valence-corrected chi connectivity index (χ2v) is 4.89. The molecule has 2 aromatic carbocycles. The number of hydrogen-bond acceptors (Lipinski definition) is 2. The number of anilines is 1.